The normalized spacial score (nSPS) is 13.0. The van der Waals surface area contributed by atoms with Crippen LogP contribution in [0.25, 0.3) is 22.3 Å². The summed E-state index contributed by atoms with van der Waals surface area (Å²) in [5, 5.41) is 0. The fourth-order valence-electron chi connectivity index (χ4n) is 15.1. The minimum absolute atomic E-state index is 0.211. The van der Waals surface area contributed by atoms with Crippen molar-refractivity contribution in [3.63, 3.8) is 0 Å². The van der Waals surface area contributed by atoms with E-state index in [9.17, 15) is 13.2 Å². The lowest BCUT2D eigenvalue weighted by atomic mass is 9.31. The molecule has 0 N–H and O–H groups in total. The summed E-state index contributed by atoms with van der Waals surface area (Å²) in [6.45, 7) is -0.544. The Morgan fingerprint density at radius 1 is 0.281 bits per heavy atom. The minimum atomic E-state index is -4.56. The summed E-state index contributed by atoms with van der Waals surface area (Å²) in [6.07, 6.45) is -4.56. The van der Waals surface area contributed by atoms with Gasteiger partial charge in [0, 0.05) is 89.3 Å². The van der Waals surface area contributed by atoms with Gasteiger partial charge in [0.1, 0.15) is 0 Å². The maximum absolute atomic E-state index is 15.0. The SMILES string of the molecule is FC(F)(F)c1ccc(N2c3cc4c(cc3B3c5ccccc5N(c5ccccc5)c5cc(N(c6ccc(-c7ccccc7)cc6)c6ccccc6-c6ccccc6)cc2c53)B2c3ccccc3N(c3ccccc3)c3cc(N(c5ccccc5)c5ccccc5)cc(c32)S4)cc1. The smallest absolute Gasteiger partial charge is 0.311 e. The van der Waals surface area contributed by atoms with Crippen molar-refractivity contribution in [2.24, 2.45) is 0 Å². The van der Waals surface area contributed by atoms with Crippen molar-refractivity contribution in [1.82, 2.24) is 0 Å². The number of hydrogen-bond donors (Lipinski definition) is 0. The van der Waals surface area contributed by atoms with Crippen molar-refractivity contribution < 1.29 is 13.2 Å². The van der Waals surface area contributed by atoms with Crippen molar-refractivity contribution in [2.45, 2.75) is 16.0 Å². The Morgan fingerprint density at radius 2 is 0.708 bits per heavy atom. The van der Waals surface area contributed by atoms with Crippen LogP contribution >= 0.6 is 11.8 Å². The van der Waals surface area contributed by atoms with Crippen LogP contribution in [-0.2, 0) is 6.18 Å². The largest absolute Gasteiger partial charge is 0.416 e. The van der Waals surface area contributed by atoms with Crippen LogP contribution in [-0.4, -0.2) is 13.4 Å². The van der Waals surface area contributed by atoms with Crippen molar-refractivity contribution in [1.29, 1.82) is 0 Å². The lowest BCUT2D eigenvalue weighted by Crippen LogP contribution is -2.64. The van der Waals surface area contributed by atoms with Gasteiger partial charge in [-0.1, -0.05) is 223 Å². The molecule has 0 fully saturated rings. The lowest BCUT2D eigenvalue weighted by molar-refractivity contribution is -0.137. The van der Waals surface area contributed by atoms with E-state index in [1.54, 1.807) is 23.9 Å². The van der Waals surface area contributed by atoms with Crippen LogP contribution in [0.1, 0.15) is 5.56 Å². The molecule has 11 heteroatoms. The molecule has 454 valence electrons. The van der Waals surface area contributed by atoms with Gasteiger partial charge in [-0.2, -0.15) is 13.2 Å². The molecule has 18 rings (SSSR count). The van der Waals surface area contributed by atoms with Gasteiger partial charge in [-0.25, -0.2) is 0 Å². The first-order valence-corrected chi connectivity index (χ1v) is 33.2. The first-order valence-electron chi connectivity index (χ1n) is 32.4. The van der Waals surface area contributed by atoms with E-state index in [1.165, 1.54) is 28.5 Å². The van der Waals surface area contributed by atoms with Gasteiger partial charge in [-0.3, -0.25) is 0 Å². The third-order valence-electron chi connectivity index (χ3n) is 19.2. The molecule has 0 saturated heterocycles. The Morgan fingerprint density at radius 3 is 1.27 bits per heavy atom. The van der Waals surface area contributed by atoms with E-state index in [-0.39, 0.29) is 13.4 Å². The second kappa shape index (κ2) is 23.1. The van der Waals surface area contributed by atoms with Crippen LogP contribution < -0.4 is 57.3 Å². The number of nitrogens with zero attached hydrogens (tertiary/aromatic N) is 5. The average molecular weight is 1260 g/mol. The number of benzene rings is 14. The highest BCUT2D eigenvalue weighted by Crippen LogP contribution is 2.52. The van der Waals surface area contributed by atoms with E-state index in [2.05, 4.69) is 328 Å². The van der Waals surface area contributed by atoms with E-state index < -0.39 is 11.7 Å². The van der Waals surface area contributed by atoms with E-state index in [1.807, 2.05) is 12.1 Å². The summed E-state index contributed by atoms with van der Waals surface area (Å²) in [5.41, 5.74) is 24.7. The highest BCUT2D eigenvalue weighted by Gasteiger charge is 2.48. The zero-order chi connectivity index (χ0) is 64.0. The van der Waals surface area contributed by atoms with E-state index in [0.717, 1.165) is 128 Å². The van der Waals surface area contributed by atoms with Crippen LogP contribution in [0.4, 0.5) is 98.5 Å². The molecule has 0 amide bonds. The fourth-order valence-corrected chi connectivity index (χ4v) is 16.4. The summed E-state index contributed by atoms with van der Waals surface area (Å²) in [5.74, 6) is 0. The lowest BCUT2D eigenvalue weighted by Gasteiger charge is -2.46. The molecule has 96 heavy (non-hydrogen) atoms. The van der Waals surface area contributed by atoms with Gasteiger partial charge in [-0.05, 0) is 177 Å². The number of rotatable bonds is 11. The molecule has 14 aromatic carbocycles. The van der Waals surface area contributed by atoms with Crippen molar-refractivity contribution in [3.05, 3.63) is 345 Å². The van der Waals surface area contributed by atoms with E-state index in [0.29, 0.717) is 5.69 Å². The summed E-state index contributed by atoms with van der Waals surface area (Å²) < 4.78 is 44.9. The number of fused-ring (bicyclic) bond motifs is 8. The minimum Gasteiger partial charge on any atom is -0.311 e. The van der Waals surface area contributed by atoms with Crippen molar-refractivity contribution in [2.75, 3.05) is 24.5 Å². The Kier molecular flexibility index (Phi) is 13.7. The van der Waals surface area contributed by atoms with Gasteiger partial charge in [0.15, 0.2) is 0 Å². The van der Waals surface area contributed by atoms with Gasteiger partial charge in [0.2, 0.25) is 6.71 Å². The quantitative estimate of drug-likeness (QED) is 0.119. The monoisotopic (exact) mass is 1260 g/mol. The Hall–Kier alpha value is -11.7. The van der Waals surface area contributed by atoms with E-state index >= 15 is 0 Å². The Balaban J connectivity index is 0.921. The predicted molar refractivity (Wildman–Crippen MR) is 396 cm³/mol. The standard InChI is InChI=1S/C85H56B2F3N5S/c88-85(89,90)60-45-49-66(50-46-60)95-77-56-81-73(87-71-39-21-24-42-76(71)94(64-35-17-6-18-36-64)80-53-68(54-82(96-81)84(80)87)91(61-29-11-3-12-30-61)62-31-13-4-14-32-62)55-72(77)86-70-38-20-23-41-75(70)93(63-33-15-5-16-34-63)78-51-67(52-79(95)83(78)86)92(65-47-43-58(44-48-65)57-25-7-1-8-26-57)74-40-22-19-37-69(74)59-27-9-2-10-28-59/h1-56H. The van der Waals surface area contributed by atoms with Gasteiger partial charge in [0.05, 0.1) is 16.9 Å². The maximum atomic E-state index is 15.0. The second-order valence-corrected chi connectivity index (χ2v) is 25.8. The maximum Gasteiger partial charge on any atom is 0.416 e. The van der Waals surface area contributed by atoms with Gasteiger partial charge >= 0.3 is 6.18 Å². The fraction of sp³-hybridized carbons (Fsp3) is 0.0118. The molecule has 14 aromatic rings. The molecular formula is C85H56B2F3N5S. The van der Waals surface area contributed by atoms with Gasteiger partial charge in [0.25, 0.3) is 6.71 Å². The molecule has 0 atom stereocenters. The molecule has 4 aliphatic rings. The molecule has 0 aliphatic carbocycles. The number of hydrogen-bond acceptors (Lipinski definition) is 6. The summed E-state index contributed by atoms with van der Waals surface area (Å²) in [6, 6.07) is 118. The van der Waals surface area contributed by atoms with Gasteiger partial charge in [-0.15, -0.1) is 0 Å². The van der Waals surface area contributed by atoms with E-state index in [4.69, 9.17) is 0 Å². The van der Waals surface area contributed by atoms with Crippen LogP contribution in [0.5, 0.6) is 0 Å². The zero-order valence-corrected chi connectivity index (χ0v) is 52.6. The number of para-hydroxylation sites is 7. The van der Waals surface area contributed by atoms with Crippen molar-refractivity contribution in [3.8, 4) is 22.3 Å². The summed E-state index contributed by atoms with van der Waals surface area (Å²) in [7, 11) is 0. The van der Waals surface area contributed by atoms with Crippen LogP contribution in [0.15, 0.2) is 350 Å². The number of halogens is 3. The molecule has 0 spiro atoms. The molecule has 0 bridgehead atoms. The van der Waals surface area contributed by atoms with Crippen molar-refractivity contribution >= 4 is 143 Å². The van der Waals surface area contributed by atoms with Crippen LogP contribution in [0.3, 0.4) is 0 Å². The third kappa shape index (κ3) is 9.51. The van der Waals surface area contributed by atoms with Crippen LogP contribution in [0, 0.1) is 0 Å². The molecule has 4 aliphatic heterocycles. The molecule has 0 aromatic heterocycles. The number of anilines is 15. The first kappa shape index (κ1) is 57.0. The molecular weight excluding hydrogens is 1200 g/mol. The third-order valence-corrected chi connectivity index (χ3v) is 20.4. The van der Waals surface area contributed by atoms with Crippen LogP contribution in [0.2, 0.25) is 0 Å². The Bertz CT molecular complexity index is 5250. The summed E-state index contributed by atoms with van der Waals surface area (Å²) in [4.78, 5) is 14.0. The highest BCUT2D eigenvalue weighted by atomic mass is 32.2. The molecule has 0 unspecified atom stereocenters. The zero-order valence-electron chi connectivity index (χ0n) is 51.8. The average Bonchev–Trinajstić information content (AvgIpc) is 0.691. The predicted octanol–water partition coefficient (Wildman–Crippen LogP) is 19.8. The van der Waals surface area contributed by atoms with Gasteiger partial charge < -0.3 is 24.5 Å². The summed E-state index contributed by atoms with van der Waals surface area (Å²) >= 11 is 1.77. The molecule has 0 saturated carbocycles. The second-order valence-electron chi connectivity index (χ2n) is 24.7. The topological polar surface area (TPSA) is 16.2 Å². The molecule has 0 radical (unpaired) electrons. The molecule has 4 heterocycles. The highest BCUT2D eigenvalue weighted by molar-refractivity contribution is 8.00. The first-order chi connectivity index (χ1) is 47.3. The Labute approximate surface area is 561 Å². The molecule has 5 nitrogen and oxygen atoms in total. The number of alkyl halides is 3.